The Labute approximate surface area is 117 Å². The van der Waals surface area contributed by atoms with Gasteiger partial charge in [0.1, 0.15) is 10.7 Å². The maximum atomic E-state index is 13.6. The van der Waals surface area contributed by atoms with E-state index < -0.39 is 15.8 Å². The molecule has 0 N–H and O–H groups in total. The first-order valence-electron chi connectivity index (χ1n) is 6.11. The van der Waals surface area contributed by atoms with Crippen LogP contribution in [0.15, 0.2) is 53.7 Å². The number of rotatable bonds is 5. The molecule has 106 valence electrons. The molecule has 4 nitrogen and oxygen atoms in total. The minimum atomic E-state index is -3.80. The van der Waals surface area contributed by atoms with E-state index in [0.29, 0.717) is 6.42 Å². The molecule has 2 rings (SSSR count). The predicted octanol–water partition coefficient (Wildman–Crippen LogP) is 2.08. The highest BCUT2D eigenvalue weighted by Crippen LogP contribution is 2.18. The van der Waals surface area contributed by atoms with Crippen LogP contribution in [0.2, 0.25) is 0 Å². The van der Waals surface area contributed by atoms with Gasteiger partial charge in [0, 0.05) is 26.0 Å². The summed E-state index contributed by atoms with van der Waals surface area (Å²) >= 11 is 0. The van der Waals surface area contributed by atoms with Crippen LogP contribution in [0.4, 0.5) is 4.39 Å². The number of aromatic nitrogens is 1. The molecular formula is C14H15FN2O2S. The molecule has 0 radical (unpaired) electrons. The number of nitrogens with zero attached hydrogens (tertiary/aromatic N) is 2. The van der Waals surface area contributed by atoms with Gasteiger partial charge in [0.2, 0.25) is 10.0 Å². The largest absolute Gasteiger partial charge is 0.265 e. The van der Waals surface area contributed by atoms with Gasteiger partial charge in [-0.15, -0.1) is 0 Å². The Hall–Kier alpha value is -1.79. The first-order valence-corrected chi connectivity index (χ1v) is 7.55. The number of benzene rings is 1. The van der Waals surface area contributed by atoms with E-state index in [1.807, 2.05) is 12.1 Å². The highest BCUT2D eigenvalue weighted by atomic mass is 32.2. The third-order valence-electron chi connectivity index (χ3n) is 2.99. The molecule has 0 aliphatic heterocycles. The highest BCUT2D eigenvalue weighted by molar-refractivity contribution is 7.89. The van der Waals surface area contributed by atoms with E-state index in [9.17, 15) is 12.8 Å². The zero-order chi connectivity index (χ0) is 14.6. The van der Waals surface area contributed by atoms with Gasteiger partial charge >= 0.3 is 0 Å². The molecule has 0 amide bonds. The van der Waals surface area contributed by atoms with Gasteiger partial charge in [-0.05, 0) is 36.2 Å². The maximum Gasteiger partial charge on any atom is 0.245 e. The summed E-state index contributed by atoms with van der Waals surface area (Å²) in [6.07, 6.45) is 3.86. The van der Waals surface area contributed by atoms with Crippen molar-refractivity contribution in [1.82, 2.24) is 9.29 Å². The molecule has 20 heavy (non-hydrogen) atoms. The van der Waals surface area contributed by atoms with Crippen molar-refractivity contribution in [2.75, 3.05) is 13.6 Å². The SMILES string of the molecule is CN(CCc1ccncc1)S(=O)(=O)c1ccccc1F. The second kappa shape index (κ2) is 6.11. The molecule has 0 fully saturated rings. The van der Waals surface area contributed by atoms with Gasteiger partial charge < -0.3 is 0 Å². The molecule has 0 aliphatic carbocycles. The predicted molar refractivity (Wildman–Crippen MR) is 74.2 cm³/mol. The number of sulfonamides is 1. The summed E-state index contributed by atoms with van der Waals surface area (Å²) in [5, 5.41) is 0. The highest BCUT2D eigenvalue weighted by Gasteiger charge is 2.23. The van der Waals surface area contributed by atoms with Crippen molar-refractivity contribution < 1.29 is 12.8 Å². The molecule has 0 bridgehead atoms. The second-order valence-corrected chi connectivity index (χ2v) is 6.38. The van der Waals surface area contributed by atoms with Gasteiger partial charge in [0.15, 0.2) is 0 Å². The van der Waals surface area contributed by atoms with E-state index in [4.69, 9.17) is 0 Å². The van der Waals surface area contributed by atoms with Crippen molar-refractivity contribution >= 4 is 10.0 Å². The van der Waals surface area contributed by atoms with E-state index in [-0.39, 0.29) is 11.4 Å². The van der Waals surface area contributed by atoms with Gasteiger partial charge in [-0.2, -0.15) is 0 Å². The molecule has 0 atom stereocenters. The fraction of sp³-hybridized carbons (Fsp3) is 0.214. The molecule has 0 unspecified atom stereocenters. The molecule has 0 saturated heterocycles. The molecule has 1 aromatic carbocycles. The van der Waals surface area contributed by atoms with Crippen LogP contribution in [0.3, 0.4) is 0 Å². The van der Waals surface area contributed by atoms with Crippen molar-refractivity contribution in [3.63, 3.8) is 0 Å². The van der Waals surface area contributed by atoms with Crippen LogP contribution in [0.1, 0.15) is 5.56 Å². The number of hydrogen-bond donors (Lipinski definition) is 0. The Kier molecular flexibility index (Phi) is 4.46. The minimum absolute atomic E-state index is 0.278. The zero-order valence-electron chi connectivity index (χ0n) is 11.0. The summed E-state index contributed by atoms with van der Waals surface area (Å²) in [5.74, 6) is -0.733. The van der Waals surface area contributed by atoms with Gasteiger partial charge in [0.05, 0.1) is 0 Å². The van der Waals surface area contributed by atoms with E-state index >= 15 is 0 Å². The second-order valence-electron chi connectivity index (χ2n) is 4.36. The van der Waals surface area contributed by atoms with E-state index in [1.54, 1.807) is 12.4 Å². The minimum Gasteiger partial charge on any atom is -0.265 e. The van der Waals surface area contributed by atoms with E-state index in [0.717, 1.165) is 15.9 Å². The summed E-state index contributed by atoms with van der Waals surface area (Å²) in [4.78, 5) is 3.60. The van der Waals surface area contributed by atoms with Crippen LogP contribution in [0, 0.1) is 5.82 Å². The lowest BCUT2D eigenvalue weighted by Crippen LogP contribution is -2.29. The van der Waals surface area contributed by atoms with Crippen LogP contribution in [0.5, 0.6) is 0 Å². The van der Waals surface area contributed by atoms with Crippen molar-refractivity contribution in [3.8, 4) is 0 Å². The van der Waals surface area contributed by atoms with E-state index in [1.165, 1.54) is 25.2 Å². The lowest BCUT2D eigenvalue weighted by atomic mass is 10.2. The molecule has 0 aliphatic rings. The zero-order valence-corrected chi connectivity index (χ0v) is 11.8. The summed E-state index contributed by atoms with van der Waals surface area (Å²) in [5.41, 5.74) is 0.982. The lowest BCUT2D eigenvalue weighted by molar-refractivity contribution is 0.465. The van der Waals surface area contributed by atoms with Crippen molar-refractivity contribution in [2.45, 2.75) is 11.3 Å². The molecule has 2 aromatic rings. The van der Waals surface area contributed by atoms with Crippen LogP contribution in [-0.2, 0) is 16.4 Å². The van der Waals surface area contributed by atoms with Crippen molar-refractivity contribution in [2.24, 2.45) is 0 Å². The molecular weight excluding hydrogens is 279 g/mol. The number of halogens is 1. The smallest absolute Gasteiger partial charge is 0.245 e. The Balaban J connectivity index is 2.12. The summed E-state index contributed by atoms with van der Waals surface area (Å²) in [7, 11) is -2.35. The van der Waals surface area contributed by atoms with Crippen LogP contribution in [0.25, 0.3) is 0 Å². The van der Waals surface area contributed by atoms with Gasteiger partial charge in [-0.25, -0.2) is 17.1 Å². The number of likely N-dealkylation sites (N-methyl/N-ethyl adjacent to an activating group) is 1. The first-order chi connectivity index (χ1) is 9.51. The van der Waals surface area contributed by atoms with Crippen LogP contribution < -0.4 is 0 Å². The van der Waals surface area contributed by atoms with Gasteiger partial charge in [-0.1, -0.05) is 12.1 Å². The topological polar surface area (TPSA) is 50.3 Å². The molecule has 1 heterocycles. The monoisotopic (exact) mass is 294 g/mol. The Morgan fingerprint density at radius 2 is 1.80 bits per heavy atom. The number of hydrogen-bond acceptors (Lipinski definition) is 3. The molecule has 1 aromatic heterocycles. The normalized spacial score (nSPS) is 11.8. The Morgan fingerprint density at radius 3 is 2.45 bits per heavy atom. The quantitative estimate of drug-likeness (QED) is 0.848. The number of pyridine rings is 1. The lowest BCUT2D eigenvalue weighted by Gasteiger charge is -2.17. The third-order valence-corrected chi connectivity index (χ3v) is 4.88. The average molecular weight is 294 g/mol. The summed E-state index contributed by atoms with van der Waals surface area (Å²) in [6, 6.07) is 9.03. The van der Waals surface area contributed by atoms with Crippen LogP contribution in [-0.4, -0.2) is 31.3 Å². The maximum absolute atomic E-state index is 13.6. The Bertz CT molecular complexity index is 675. The van der Waals surface area contributed by atoms with Gasteiger partial charge in [0.25, 0.3) is 0 Å². The fourth-order valence-electron chi connectivity index (χ4n) is 1.78. The van der Waals surface area contributed by atoms with Crippen molar-refractivity contribution in [1.29, 1.82) is 0 Å². The van der Waals surface area contributed by atoms with Gasteiger partial charge in [-0.3, -0.25) is 4.98 Å². The Morgan fingerprint density at radius 1 is 1.15 bits per heavy atom. The average Bonchev–Trinajstić information content (AvgIpc) is 2.46. The summed E-state index contributed by atoms with van der Waals surface area (Å²) < 4.78 is 39.2. The van der Waals surface area contributed by atoms with Crippen molar-refractivity contribution in [3.05, 3.63) is 60.2 Å². The third kappa shape index (κ3) is 3.20. The summed E-state index contributed by atoms with van der Waals surface area (Å²) in [6.45, 7) is 0.278. The fourth-order valence-corrected chi connectivity index (χ4v) is 3.01. The standard InChI is InChI=1S/C14H15FN2O2S/c1-17(11-8-12-6-9-16-10-7-12)20(18,19)14-5-3-2-4-13(14)15/h2-7,9-10H,8,11H2,1H3. The molecule has 0 spiro atoms. The molecule has 0 saturated carbocycles. The van der Waals surface area contributed by atoms with Crippen LogP contribution >= 0.6 is 0 Å². The van der Waals surface area contributed by atoms with E-state index in [2.05, 4.69) is 4.98 Å². The first kappa shape index (κ1) is 14.6. The molecule has 6 heteroatoms.